The van der Waals surface area contributed by atoms with E-state index < -0.39 is 12.0 Å². The maximum atomic E-state index is 12.6. The highest BCUT2D eigenvalue weighted by atomic mass is 32.2. The summed E-state index contributed by atoms with van der Waals surface area (Å²) in [7, 11) is 1.34. The van der Waals surface area contributed by atoms with Crippen molar-refractivity contribution in [1.82, 2.24) is 5.32 Å². The number of nitrogens with zero attached hydrogens (tertiary/aromatic N) is 1. The SMILES string of the molecule is CCOC(=O)C1=C(C)NC(SCC(=O)OC)=N[C@H]1c1ccccc1OCC. The molecule has 0 saturated heterocycles. The molecule has 0 aromatic heterocycles. The second-order valence-electron chi connectivity index (χ2n) is 5.56. The molecule has 146 valence electrons. The van der Waals surface area contributed by atoms with Gasteiger partial charge >= 0.3 is 11.9 Å². The van der Waals surface area contributed by atoms with Gasteiger partial charge in [-0.3, -0.25) is 4.79 Å². The second-order valence-corrected chi connectivity index (χ2v) is 6.52. The topological polar surface area (TPSA) is 86.2 Å². The summed E-state index contributed by atoms with van der Waals surface area (Å²) in [5.41, 5.74) is 1.82. The Labute approximate surface area is 163 Å². The van der Waals surface area contributed by atoms with Crippen LogP contribution in [0.4, 0.5) is 0 Å². The Kier molecular flexibility index (Phi) is 7.72. The van der Waals surface area contributed by atoms with E-state index in [0.29, 0.717) is 28.8 Å². The van der Waals surface area contributed by atoms with Crippen LogP contribution in [0.3, 0.4) is 0 Å². The van der Waals surface area contributed by atoms with E-state index in [9.17, 15) is 9.59 Å². The van der Waals surface area contributed by atoms with Crippen LogP contribution in [-0.2, 0) is 19.1 Å². The van der Waals surface area contributed by atoms with Crippen molar-refractivity contribution in [3.63, 3.8) is 0 Å². The summed E-state index contributed by atoms with van der Waals surface area (Å²) in [4.78, 5) is 28.7. The summed E-state index contributed by atoms with van der Waals surface area (Å²) in [5.74, 6) is -0.0137. The van der Waals surface area contributed by atoms with Gasteiger partial charge in [-0.25, -0.2) is 9.79 Å². The Balaban J connectivity index is 2.43. The smallest absolute Gasteiger partial charge is 0.338 e. The highest BCUT2D eigenvalue weighted by Gasteiger charge is 2.32. The zero-order valence-electron chi connectivity index (χ0n) is 15.9. The maximum Gasteiger partial charge on any atom is 0.338 e. The van der Waals surface area contributed by atoms with Crippen LogP contribution >= 0.6 is 11.8 Å². The Morgan fingerprint density at radius 1 is 1.22 bits per heavy atom. The van der Waals surface area contributed by atoms with Crippen LogP contribution in [0.15, 0.2) is 40.5 Å². The number of hydrogen-bond donors (Lipinski definition) is 1. The van der Waals surface area contributed by atoms with Gasteiger partial charge in [0.05, 0.1) is 31.6 Å². The van der Waals surface area contributed by atoms with Crippen molar-refractivity contribution in [2.75, 3.05) is 26.1 Å². The lowest BCUT2D eigenvalue weighted by Crippen LogP contribution is -2.31. The van der Waals surface area contributed by atoms with Crippen LogP contribution in [-0.4, -0.2) is 43.2 Å². The number of carbonyl (C=O) groups is 2. The predicted octanol–water partition coefficient (Wildman–Crippen LogP) is 2.83. The highest BCUT2D eigenvalue weighted by molar-refractivity contribution is 8.14. The van der Waals surface area contributed by atoms with E-state index in [2.05, 4.69) is 15.0 Å². The van der Waals surface area contributed by atoms with Gasteiger partial charge in [-0.15, -0.1) is 0 Å². The number of rotatable bonds is 7. The van der Waals surface area contributed by atoms with Gasteiger partial charge in [-0.1, -0.05) is 30.0 Å². The Hall–Kier alpha value is -2.48. The number of allylic oxidation sites excluding steroid dienone is 1. The predicted molar refractivity (Wildman–Crippen MR) is 105 cm³/mol. The van der Waals surface area contributed by atoms with E-state index in [1.54, 1.807) is 13.8 Å². The number of nitrogens with one attached hydrogen (secondary N) is 1. The number of carbonyl (C=O) groups excluding carboxylic acids is 2. The fraction of sp³-hybridized carbons (Fsp3) is 0.421. The molecule has 1 aromatic rings. The average molecular weight is 392 g/mol. The quantitative estimate of drug-likeness (QED) is 0.714. The first-order chi connectivity index (χ1) is 13.0. The van der Waals surface area contributed by atoms with Gasteiger partial charge in [0, 0.05) is 11.3 Å². The van der Waals surface area contributed by atoms with Gasteiger partial charge < -0.3 is 19.5 Å². The summed E-state index contributed by atoms with van der Waals surface area (Å²) >= 11 is 1.22. The number of thioether (sulfide) groups is 1. The highest BCUT2D eigenvalue weighted by Crippen LogP contribution is 2.37. The zero-order chi connectivity index (χ0) is 19.8. The largest absolute Gasteiger partial charge is 0.494 e. The molecule has 0 fully saturated rings. The molecule has 1 atom stereocenters. The molecule has 0 saturated carbocycles. The van der Waals surface area contributed by atoms with Crippen molar-refractivity contribution < 1.29 is 23.8 Å². The van der Waals surface area contributed by atoms with Gasteiger partial charge in [0.25, 0.3) is 0 Å². The second kappa shape index (κ2) is 10.0. The third-order valence-corrected chi connectivity index (χ3v) is 4.64. The normalized spacial score (nSPS) is 16.3. The van der Waals surface area contributed by atoms with Crippen molar-refractivity contribution in [1.29, 1.82) is 0 Å². The van der Waals surface area contributed by atoms with Gasteiger partial charge in [-0.2, -0.15) is 0 Å². The van der Waals surface area contributed by atoms with E-state index in [1.807, 2.05) is 31.2 Å². The van der Waals surface area contributed by atoms with Gasteiger partial charge in [-0.05, 0) is 26.8 Å². The number of aliphatic imine (C=N–C) groups is 1. The Morgan fingerprint density at radius 2 is 1.96 bits per heavy atom. The van der Waals surface area contributed by atoms with Gasteiger partial charge in [0.2, 0.25) is 0 Å². The van der Waals surface area contributed by atoms with Crippen LogP contribution in [0, 0.1) is 0 Å². The van der Waals surface area contributed by atoms with Crippen molar-refractivity contribution in [3.05, 3.63) is 41.1 Å². The minimum Gasteiger partial charge on any atom is -0.494 e. The molecule has 0 radical (unpaired) electrons. The lowest BCUT2D eigenvalue weighted by Gasteiger charge is -2.26. The van der Waals surface area contributed by atoms with E-state index in [4.69, 9.17) is 9.47 Å². The van der Waals surface area contributed by atoms with E-state index >= 15 is 0 Å². The lowest BCUT2D eigenvalue weighted by molar-refractivity contribution is -0.139. The molecule has 1 aliphatic heterocycles. The molecular weight excluding hydrogens is 368 g/mol. The molecule has 2 rings (SSSR count). The standard InChI is InChI=1S/C19H24N2O5S/c1-5-25-14-10-8-7-9-13(14)17-16(18(23)26-6-2)12(3)20-19(21-17)27-11-15(22)24-4/h7-10,17H,5-6,11H2,1-4H3,(H,20,21)/t17-/m0/s1. The van der Waals surface area contributed by atoms with Crippen molar-refractivity contribution in [3.8, 4) is 5.75 Å². The molecule has 0 amide bonds. The molecule has 27 heavy (non-hydrogen) atoms. The number of ether oxygens (including phenoxy) is 3. The molecule has 0 bridgehead atoms. The molecular formula is C19H24N2O5S. The molecule has 8 heteroatoms. The van der Waals surface area contributed by atoms with Crippen LogP contribution in [0.5, 0.6) is 5.75 Å². The van der Waals surface area contributed by atoms with Crippen molar-refractivity contribution >= 4 is 28.9 Å². The first kappa shape index (κ1) is 20.8. The zero-order valence-corrected chi connectivity index (χ0v) is 16.7. The Bertz CT molecular complexity index is 760. The van der Waals surface area contributed by atoms with Crippen molar-refractivity contribution in [2.45, 2.75) is 26.8 Å². The third-order valence-electron chi connectivity index (χ3n) is 3.78. The summed E-state index contributed by atoms with van der Waals surface area (Å²) < 4.78 is 15.6. The molecule has 0 spiro atoms. The number of hydrogen-bond acceptors (Lipinski definition) is 8. The number of benzene rings is 1. The first-order valence-electron chi connectivity index (χ1n) is 8.65. The molecule has 0 aliphatic carbocycles. The number of esters is 2. The lowest BCUT2D eigenvalue weighted by atomic mass is 9.96. The molecule has 1 aromatic carbocycles. The summed E-state index contributed by atoms with van der Waals surface area (Å²) in [6.45, 7) is 6.20. The van der Waals surface area contributed by atoms with Crippen LogP contribution in [0.1, 0.15) is 32.4 Å². The minimum atomic E-state index is -0.590. The molecule has 1 heterocycles. The maximum absolute atomic E-state index is 12.6. The first-order valence-corrected chi connectivity index (χ1v) is 9.64. The average Bonchev–Trinajstić information content (AvgIpc) is 2.66. The van der Waals surface area contributed by atoms with Crippen LogP contribution < -0.4 is 10.1 Å². The number of para-hydroxylation sites is 1. The number of amidine groups is 1. The van der Waals surface area contributed by atoms with Gasteiger partial charge in [0.15, 0.2) is 5.17 Å². The van der Waals surface area contributed by atoms with E-state index in [1.165, 1.54) is 18.9 Å². The van der Waals surface area contributed by atoms with Gasteiger partial charge in [0.1, 0.15) is 11.8 Å². The Morgan fingerprint density at radius 3 is 2.63 bits per heavy atom. The monoisotopic (exact) mass is 392 g/mol. The van der Waals surface area contributed by atoms with Crippen molar-refractivity contribution in [2.24, 2.45) is 4.99 Å². The number of methoxy groups -OCH3 is 1. The third kappa shape index (κ3) is 5.26. The molecule has 1 N–H and O–H groups in total. The van der Waals surface area contributed by atoms with Crippen LogP contribution in [0.25, 0.3) is 0 Å². The summed E-state index contributed by atoms with van der Waals surface area (Å²) in [5, 5.41) is 3.61. The fourth-order valence-corrected chi connectivity index (χ4v) is 3.38. The molecule has 0 unspecified atom stereocenters. The van der Waals surface area contributed by atoms with E-state index in [-0.39, 0.29) is 18.3 Å². The molecule has 1 aliphatic rings. The fourth-order valence-electron chi connectivity index (χ4n) is 2.60. The van der Waals surface area contributed by atoms with E-state index in [0.717, 1.165) is 5.56 Å². The van der Waals surface area contributed by atoms with Crippen LogP contribution in [0.2, 0.25) is 0 Å². The summed E-state index contributed by atoms with van der Waals surface area (Å²) in [6, 6.07) is 6.87. The minimum absolute atomic E-state index is 0.115. The molecule has 7 nitrogen and oxygen atoms in total. The summed E-state index contributed by atoms with van der Waals surface area (Å²) in [6.07, 6.45) is 0.